The van der Waals surface area contributed by atoms with E-state index in [1.54, 1.807) is 29.2 Å². The van der Waals surface area contributed by atoms with Crippen molar-refractivity contribution in [2.24, 2.45) is 5.92 Å². The SMILES string of the molecule is CC(C)[C@@H]1[C@H](C(=O)O)c2ccccc2C(=O)N1C(C)C. The van der Waals surface area contributed by atoms with Crippen molar-refractivity contribution in [1.82, 2.24) is 4.90 Å². The second-order valence-electron chi connectivity index (χ2n) is 5.94. The van der Waals surface area contributed by atoms with Gasteiger partial charge in [-0.1, -0.05) is 32.0 Å². The van der Waals surface area contributed by atoms with E-state index in [1.165, 1.54) is 0 Å². The molecule has 1 heterocycles. The predicted octanol–water partition coefficient (Wildman–Crippen LogP) is 2.74. The maximum Gasteiger partial charge on any atom is 0.313 e. The van der Waals surface area contributed by atoms with Gasteiger partial charge in [-0.25, -0.2) is 0 Å². The summed E-state index contributed by atoms with van der Waals surface area (Å²) in [5.74, 6) is -1.51. The number of nitrogens with zero attached hydrogens (tertiary/aromatic N) is 1. The van der Waals surface area contributed by atoms with Crippen LogP contribution in [0.2, 0.25) is 0 Å². The highest BCUT2D eigenvalue weighted by Gasteiger charge is 2.45. The average molecular weight is 275 g/mol. The average Bonchev–Trinajstić information content (AvgIpc) is 2.37. The second kappa shape index (κ2) is 5.27. The van der Waals surface area contributed by atoms with Gasteiger partial charge in [-0.15, -0.1) is 0 Å². The summed E-state index contributed by atoms with van der Waals surface area (Å²) in [6.45, 7) is 7.80. The quantitative estimate of drug-likeness (QED) is 0.922. The topological polar surface area (TPSA) is 57.6 Å². The minimum Gasteiger partial charge on any atom is -0.481 e. The van der Waals surface area contributed by atoms with E-state index in [4.69, 9.17) is 0 Å². The van der Waals surface area contributed by atoms with Crippen LogP contribution in [0.1, 0.15) is 49.5 Å². The van der Waals surface area contributed by atoms with Crippen LogP contribution in [0.25, 0.3) is 0 Å². The fourth-order valence-corrected chi connectivity index (χ4v) is 3.15. The fourth-order valence-electron chi connectivity index (χ4n) is 3.15. The number of carbonyl (C=O) groups is 2. The van der Waals surface area contributed by atoms with E-state index in [9.17, 15) is 14.7 Å². The molecule has 0 aromatic heterocycles. The highest BCUT2D eigenvalue weighted by atomic mass is 16.4. The number of hydrogen-bond donors (Lipinski definition) is 1. The molecule has 0 aliphatic carbocycles. The van der Waals surface area contributed by atoms with Gasteiger partial charge in [-0.05, 0) is 31.4 Å². The van der Waals surface area contributed by atoms with Crippen molar-refractivity contribution in [2.75, 3.05) is 0 Å². The minimum absolute atomic E-state index is 0.0230. The summed E-state index contributed by atoms with van der Waals surface area (Å²) in [5.41, 5.74) is 1.16. The van der Waals surface area contributed by atoms with Crippen LogP contribution >= 0.6 is 0 Å². The minimum atomic E-state index is -0.866. The zero-order valence-electron chi connectivity index (χ0n) is 12.3. The first-order valence-corrected chi connectivity index (χ1v) is 7.00. The Balaban J connectivity index is 2.66. The Hall–Kier alpha value is -1.84. The van der Waals surface area contributed by atoms with E-state index in [0.29, 0.717) is 11.1 Å². The lowest BCUT2D eigenvalue weighted by Gasteiger charge is -2.44. The fraction of sp³-hybridized carbons (Fsp3) is 0.500. The van der Waals surface area contributed by atoms with Gasteiger partial charge in [-0.3, -0.25) is 9.59 Å². The van der Waals surface area contributed by atoms with Gasteiger partial charge >= 0.3 is 5.97 Å². The molecule has 1 aromatic carbocycles. The zero-order valence-corrected chi connectivity index (χ0v) is 12.3. The van der Waals surface area contributed by atoms with Crippen molar-refractivity contribution >= 4 is 11.9 Å². The van der Waals surface area contributed by atoms with Crippen molar-refractivity contribution in [3.05, 3.63) is 35.4 Å². The number of rotatable bonds is 3. The molecule has 1 aromatic rings. The molecule has 0 saturated carbocycles. The van der Waals surface area contributed by atoms with E-state index in [2.05, 4.69) is 0 Å². The molecule has 2 atom stereocenters. The predicted molar refractivity (Wildman–Crippen MR) is 76.8 cm³/mol. The molecule has 0 saturated heterocycles. The highest BCUT2D eigenvalue weighted by molar-refractivity contribution is 6.00. The Morgan fingerprint density at radius 2 is 1.80 bits per heavy atom. The maximum atomic E-state index is 12.7. The van der Waals surface area contributed by atoms with Crippen molar-refractivity contribution in [3.63, 3.8) is 0 Å². The Bertz CT molecular complexity index is 536. The Labute approximate surface area is 119 Å². The Morgan fingerprint density at radius 1 is 1.20 bits per heavy atom. The van der Waals surface area contributed by atoms with Gasteiger partial charge in [0.05, 0.1) is 6.04 Å². The number of fused-ring (bicyclic) bond motifs is 1. The molecule has 108 valence electrons. The summed E-state index contributed by atoms with van der Waals surface area (Å²) >= 11 is 0. The van der Waals surface area contributed by atoms with E-state index in [1.807, 2.05) is 27.7 Å². The standard InChI is InChI=1S/C16H21NO3/c1-9(2)14-13(16(19)20)11-7-5-6-8-12(11)15(18)17(14)10(3)4/h5-10,13-14H,1-4H3,(H,19,20)/t13-,14-/m1/s1. The highest BCUT2D eigenvalue weighted by Crippen LogP contribution is 2.38. The van der Waals surface area contributed by atoms with Crippen molar-refractivity contribution in [2.45, 2.75) is 45.7 Å². The van der Waals surface area contributed by atoms with Gasteiger partial charge in [-0.2, -0.15) is 0 Å². The summed E-state index contributed by atoms with van der Waals surface area (Å²) in [5, 5.41) is 9.65. The van der Waals surface area contributed by atoms with E-state index in [-0.39, 0.29) is 23.9 Å². The molecule has 1 amide bonds. The monoisotopic (exact) mass is 275 g/mol. The first-order valence-electron chi connectivity index (χ1n) is 7.00. The summed E-state index contributed by atoms with van der Waals surface area (Å²) in [6, 6.07) is 6.73. The molecule has 0 radical (unpaired) electrons. The van der Waals surface area contributed by atoms with Gasteiger partial charge in [0, 0.05) is 11.6 Å². The van der Waals surface area contributed by atoms with Crippen molar-refractivity contribution < 1.29 is 14.7 Å². The van der Waals surface area contributed by atoms with Crippen molar-refractivity contribution in [3.8, 4) is 0 Å². The molecule has 0 spiro atoms. The number of hydrogen-bond acceptors (Lipinski definition) is 2. The third kappa shape index (κ3) is 2.19. The lowest BCUT2D eigenvalue weighted by molar-refractivity contribution is -0.141. The largest absolute Gasteiger partial charge is 0.481 e. The van der Waals surface area contributed by atoms with Gasteiger partial charge in [0.15, 0.2) is 0 Å². The third-order valence-electron chi connectivity index (χ3n) is 3.93. The maximum absolute atomic E-state index is 12.7. The number of carboxylic acid groups (broad SMARTS) is 1. The number of benzene rings is 1. The molecular formula is C16H21NO3. The summed E-state index contributed by atoms with van der Waals surface area (Å²) < 4.78 is 0. The summed E-state index contributed by atoms with van der Waals surface area (Å²) in [4.78, 5) is 26.2. The molecule has 1 N–H and O–H groups in total. The molecule has 0 fully saturated rings. The van der Waals surface area contributed by atoms with Crippen molar-refractivity contribution in [1.29, 1.82) is 0 Å². The molecular weight excluding hydrogens is 254 g/mol. The lowest BCUT2D eigenvalue weighted by Crippen LogP contribution is -2.55. The Kier molecular flexibility index (Phi) is 3.84. The molecule has 0 bridgehead atoms. The first-order chi connectivity index (χ1) is 9.36. The number of amides is 1. The van der Waals surface area contributed by atoms with Crippen LogP contribution in [0.15, 0.2) is 24.3 Å². The molecule has 4 nitrogen and oxygen atoms in total. The second-order valence-corrected chi connectivity index (χ2v) is 5.94. The molecule has 20 heavy (non-hydrogen) atoms. The van der Waals surface area contributed by atoms with Crippen LogP contribution in [0.3, 0.4) is 0 Å². The van der Waals surface area contributed by atoms with Crippen LogP contribution < -0.4 is 0 Å². The number of aliphatic carboxylic acids is 1. The van der Waals surface area contributed by atoms with E-state index >= 15 is 0 Å². The van der Waals surface area contributed by atoms with Gasteiger partial charge < -0.3 is 10.0 Å². The number of carboxylic acids is 1. The first kappa shape index (κ1) is 14.6. The van der Waals surface area contributed by atoms with E-state index in [0.717, 1.165) is 0 Å². The molecule has 4 heteroatoms. The smallest absolute Gasteiger partial charge is 0.313 e. The van der Waals surface area contributed by atoms with Gasteiger partial charge in [0.1, 0.15) is 5.92 Å². The number of carbonyl (C=O) groups excluding carboxylic acids is 1. The van der Waals surface area contributed by atoms with Gasteiger partial charge in [0.2, 0.25) is 0 Å². The van der Waals surface area contributed by atoms with Crippen LogP contribution in [0, 0.1) is 5.92 Å². The molecule has 1 aliphatic heterocycles. The lowest BCUT2D eigenvalue weighted by atomic mass is 9.77. The molecule has 1 aliphatic rings. The van der Waals surface area contributed by atoms with Crippen LogP contribution in [0.5, 0.6) is 0 Å². The van der Waals surface area contributed by atoms with Gasteiger partial charge in [0.25, 0.3) is 5.91 Å². The summed E-state index contributed by atoms with van der Waals surface area (Å²) in [7, 11) is 0. The summed E-state index contributed by atoms with van der Waals surface area (Å²) in [6.07, 6.45) is 0. The molecule has 0 unspecified atom stereocenters. The van der Waals surface area contributed by atoms with Crippen LogP contribution in [-0.4, -0.2) is 34.0 Å². The molecule has 2 rings (SSSR count). The van der Waals surface area contributed by atoms with E-state index < -0.39 is 11.9 Å². The third-order valence-corrected chi connectivity index (χ3v) is 3.93. The zero-order chi connectivity index (χ0) is 15.0. The van der Waals surface area contributed by atoms with Crippen LogP contribution in [-0.2, 0) is 4.79 Å². The normalized spacial score (nSPS) is 22.3. The van der Waals surface area contributed by atoms with Crippen LogP contribution in [0.4, 0.5) is 0 Å². The Morgan fingerprint density at radius 3 is 2.30 bits per heavy atom.